The molecule has 0 N–H and O–H groups in total. The van der Waals surface area contributed by atoms with E-state index in [-0.39, 0.29) is 24.4 Å². The Bertz CT molecular complexity index is 642. The SMILES string of the molecule is O=C(CC(=O)c1ccc(Cl)cc1)CC(=O)c1ccc(Cl)cc1. The van der Waals surface area contributed by atoms with E-state index in [1.807, 2.05) is 0 Å². The number of halogens is 2. The number of carbonyl (C=O) groups is 3. The molecule has 0 aliphatic rings. The molecule has 3 nitrogen and oxygen atoms in total. The van der Waals surface area contributed by atoms with E-state index in [9.17, 15) is 14.4 Å². The van der Waals surface area contributed by atoms with Gasteiger partial charge in [0.05, 0.1) is 12.8 Å². The molecule has 0 aromatic heterocycles. The zero-order chi connectivity index (χ0) is 16.1. The third kappa shape index (κ3) is 4.52. The van der Waals surface area contributed by atoms with E-state index in [1.54, 1.807) is 48.5 Å². The Hall–Kier alpha value is -1.97. The summed E-state index contributed by atoms with van der Waals surface area (Å²) in [5.41, 5.74) is 0.799. The van der Waals surface area contributed by atoms with Crippen LogP contribution in [0.3, 0.4) is 0 Å². The van der Waals surface area contributed by atoms with Crippen LogP contribution in [0.5, 0.6) is 0 Å². The first kappa shape index (κ1) is 16.4. The molecule has 2 aromatic rings. The first-order chi connectivity index (χ1) is 10.5. The van der Waals surface area contributed by atoms with Crippen molar-refractivity contribution in [3.8, 4) is 0 Å². The first-order valence-corrected chi connectivity index (χ1v) is 7.30. The van der Waals surface area contributed by atoms with Gasteiger partial charge in [0.2, 0.25) is 0 Å². The van der Waals surface area contributed by atoms with Crippen molar-refractivity contribution in [2.75, 3.05) is 0 Å². The van der Waals surface area contributed by atoms with Crippen molar-refractivity contribution in [1.29, 1.82) is 0 Å². The van der Waals surface area contributed by atoms with Gasteiger partial charge in [0.15, 0.2) is 11.6 Å². The molecular formula is C17H12Cl2O3. The Labute approximate surface area is 137 Å². The van der Waals surface area contributed by atoms with Crippen LogP contribution in [-0.4, -0.2) is 17.3 Å². The number of ketones is 3. The molecule has 22 heavy (non-hydrogen) atoms. The molecule has 0 radical (unpaired) electrons. The van der Waals surface area contributed by atoms with Crippen LogP contribution < -0.4 is 0 Å². The second-order valence-electron chi connectivity index (χ2n) is 4.75. The third-order valence-corrected chi connectivity index (χ3v) is 3.55. The maximum atomic E-state index is 11.9. The van der Waals surface area contributed by atoms with Gasteiger partial charge in [-0.25, -0.2) is 0 Å². The molecule has 0 saturated carbocycles. The molecule has 0 aliphatic heterocycles. The second kappa shape index (κ2) is 7.34. The summed E-state index contributed by atoms with van der Waals surface area (Å²) in [4.78, 5) is 35.7. The maximum absolute atomic E-state index is 11.9. The summed E-state index contributed by atoms with van der Waals surface area (Å²) in [6.45, 7) is 0. The zero-order valence-electron chi connectivity index (χ0n) is 11.5. The molecule has 0 heterocycles. The minimum absolute atomic E-state index is 0.305. The van der Waals surface area contributed by atoms with E-state index in [0.717, 1.165) is 0 Å². The van der Waals surface area contributed by atoms with Crippen molar-refractivity contribution < 1.29 is 14.4 Å². The summed E-state index contributed by atoms with van der Waals surface area (Å²) in [6.07, 6.45) is -0.609. The minimum Gasteiger partial charge on any atom is -0.299 e. The lowest BCUT2D eigenvalue weighted by Gasteiger charge is -2.02. The van der Waals surface area contributed by atoms with E-state index in [1.165, 1.54) is 0 Å². The number of hydrogen-bond donors (Lipinski definition) is 0. The minimum atomic E-state index is -0.417. The van der Waals surface area contributed by atoms with Gasteiger partial charge in [0.1, 0.15) is 5.78 Å². The lowest BCUT2D eigenvalue weighted by Crippen LogP contribution is -2.13. The second-order valence-corrected chi connectivity index (χ2v) is 5.63. The van der Waals surface area contributed by atoms with Gasteiger partial charge in [-0.2, -0.15) is 0 Å². The predicted molar refractivity (Wildman–Crippen MR) is 85.8 cm³/mol. The van der Waals surface area contributed by atoms with Crippen LogP contribution in [0.4, 0.5) is 0 Å². The van der Waals surface area contributed by atoms with Crippen LogP contribution in [0, 0.1) is 0 Å². The Morgan fingerprint density at radius 3 is 1.27 bits per heavy atom. The van der Waals surface area contributed by atoms with Crippen molar-refractivity contribution in [1.82, 2.24) is 0 Å². The summed E-state index contributed by atoms with van der Waals surface area (Å²) in [5.74, 6) is -1.07. The van der Waals surface area contributed by atoms with Crippen molar-refractivity contribution >= 4 is 40.6 Å². The molecule has 2 aromatic carbocycles. The van der Waals surface area contributed by atoms with Crippen LogP contribution in [0.1, 0.15) is 33.6 Å². The van der Waals surface area contributed by atoms with E-state index in [4.69, 9.17) is 23.2 Å². The fourth-order valence-corrected chi connectivity index (χ4v) is 2.15. The number of carbonyl (C=O) groups excluding carboxylic acids is 3. The Kier molecular flexibility index (Phi) is 5.47. The summed E-state index contributed by atoms with van der Waals surface area (Å²) < 4.78 is 0. The Morgan fingerprint density at radius 1 is 0.636 bits per heavy atom. The fourth-order valence-electron chi connectivity index (χ4n) is 1.90. The highest BCUT2D eigenvalue weighted by Crippen LogP contribution is 2.14. The van der Waals surface area contributed by atoms with E-state index >= 15 is 0 Å². The maximum Gasteiger partial charge on any atom is 0.170 e. The Morgan fingerprint density at radius 2 is 0.955 bits per heavy atom. The molecule has 0 aliphatic carbocycles. The number of hydrogen-bond acceptors (Lipinski definition) is 3. The molecular weight excluding hydrogens is 323 g/mol. The van der Waals surface area contributed by atoms with E-state index < -0.39 is 5.78 Å². The third-order valence-electron chi connectivity index (χ3n) is 3.05. The molecule has 0 amide bonds. The van der Waals surface area contributed by atoms with Gasteiger partial charge in [0.25, 0.3) is 0 Å². The number of rotatable bonds is 6. The van der Waals surface area contributed by atoms with E-state index in [0.29, 0.717) is 21.2 Å². The monoisotopic (exact) mass is 334 g/mol. The van der Waals surface area contributed by atoms with Gasteiger partial charge in [-0.1, -0.05) is 23.2 Å². The zero-order valence-corrected chi connectivity index (χ0v) is 13.0. The van der Waals surface area contributed by atoms with Crippen molar-refractivity contribution in [2.45, 2.75) is 12.8 Å². The normalized spacial score (nSPS) is 10.3. The molecule has 0 spiro atoms. The number of Topliss-reactive ketones (excluding diaryl/α,β-unsaturated/α-hetero) is 3. The Balaban J connectivity index is 1.95. The summed E-state index contributed by atoms with van der Waals surface area (Å²) in [6, 6.07) is 12.5. The largest absolute Gasteiger partial charge is 0.299 e. The van der Waals surface area contributed by atoms with Gasteiger partial charge in [0, 0.05) is 21.2 Å². The van der Waals surface area contributed by atoms with Gasteiger partial charge in [-0.3, -0.25) is 14.4 Å². The molecule has 0 atom stereocenters. The highest BCUT2D eigenvalue weighted by atomic mass is 35.5. The van der Waals surface area contributed by atoms with E-state index in [2.05, 4.69) is 0 Å². The van der Waals surface area contributed by atoms with Crippen LogP contribution in [0.15, 0.2) is 48.5 Å². The van der Waals surface area contributed by atoms with Crippen LogP contribution in [0.25, 0.3) is 0 Å². The average Bonchev–Trinajstić information content (AvgIpc) is 2.48. The highest BCUT2D eigenvalue weighted by Gasteiger charge is 2.16. The summed E-state index contributed by atoms with van der Waals surface area (Å²) in [5, 5.41) is 1.03. The lowest BCUT2D eigenvalue weighted by molar-refractivity contribution is -0.117. The molecule has 5 heteroatoms. The lowest BCUT2D eigenvalue weighted by atomic mass is 10.0. The smallest absolute Gasteiger partial charge is 0.170 e. The van der Waals surface area contributed by atoms with Crippen molar-refractivity contribution in [3.05, 3.63) is 69.7 Å². The van der Waals surface area contributed by atoms with Crippen LogP contribution in [-0.2, 0) is 4.79 Å². The molecule has 0 unspecified atom stereocenters. The highest BCUT2D eigenvalue weighted by molar-refractivity contribution is 6.31. The van der Waals surface area contributed by atoms with Crippen LogP contribution in [0.2, 0.25) is 10.0 Å². The fraction of sp³-hybridized carbons (Fsp3) is 0.118. The standard InChI is InChI=1S/C17H12Cl2O3/c18-13-5-1-11(2-6-13)16(21)9-15(20)10-17(22)12-3-7-14(19)8-4-12/h1-8H,9-10H2. The van der Waals surface area contributed by atoms with Gasteiger partial charge in [-0.05, 0) is 48.5 Å². The molecule has 0 bridgehead atoms. The molecule has 0 saturated heterocycles. The van der Waals surface area contributed by atoms with Crippen LogP contribution >= 0.6 is 23.2 Å². The van der Waals surface area contributed by atoms with Crippen molar-refractivity contribution in [3.63, 3.8) is 0 Å². The van der Waals surface area contributed by atoms with Gasteiger partial charge >= 0.3 is 0 Å². The first-order valence-electron chi connectivity index (χ1n) is 6.55. The number of benzene rings is 2. The van der Waals surface area contributed by atoms with Gasteiger partial charge in [-0.15, -0.1) is 0 Å². The topological polar surface area (TPSA) is 51.2 Å². The summed E-state index contributed by atoms with van der Waals surface area (Å²) in [7, 11) is 0. The predicted octanol–water partition coefficient (Wildman–Crippen LogP) is 4.41. The molecule has 0 fully saturated rings. The average molecular weight is 335 g/mol. The van der Waals surface area contributed by atoms with Gasteiger partial charge < -0.3 is 0 Å². The molecule has 2 rings (SSSR count). The summed E-state index contributed by atoms with van der Waals surface area (Å²) >= 11 is 11.5. The molecule has 112 valence electrons. The van der Waals surface area contributed by atoms with Crippen molar-refractivity contribution in [2.24, 2.45) is 0 Å². The quantitative estimate of drug-likeness (QED) is 0.580.